The number of hydrogen-bond acceptors (Lipinski definition) is 5. The minimum atomic E-state index is -0.411. The van der Waals surface area contributed by atoms with E-state index in [0.29, 0.717) is 13.1 Å². The maximum absolute atomic E-state index is 13.4. The minimum absolute atomic E-state index is 0.224. The molecule has 3 heterocycles. The Balaban J connectivity index is 1.29. The Kier molecular flexibility index (Phi) is 4.65. The maximum atomic E-state index is 13.4. The average Bonchev–Trinajstić information content (AvgIpc) is 3.43. The molecule has 2 aromatic heterocycles. The van der Waals surface area contributed by atoms with Gasteiger partial charge in [0.25, 0.3) is 0 Å². The number of anilines is 1. The van der Waals surface area contributed by atoms with Gasteiger partial charge >= 0.3 is 0 Å². The molecule has 1 aliphatic carbocycles. The molecule has 5 rings (SSSR count). The third-order valence-electron chi connectivity index (χ3n) is 6.18. The van der Waals surface area contributed by atoms with Crippen LogP contribution in [0.1, 0.15) is 18.4 Å². The number of rotatable bonds is 5. The standard InChI is InChI=1S/C23H25N5O2/c1-30-19-7-3-2-6-18(19)23(8-9-23)22(29)28-14-12-27(13-15-28)21-16-20(24-17-25-21)26-10-4-5-11-26/h2-7,10-11,16-17H,8-9,12-15H2,1H3. The van der Waals surface area contributed by atoms with Gasteiger partial charge in [0.15, 0.2) is 0 Å². The van der Waals surface area contributed by atoms with Gasteiger partial charge in [-0.1, -0.05) is 18.2 Å². The van der Waals surface area contributed by atoms with Gasteiger partial charge in [0.1, 0.15) is 23.7 Å². The molecule has 154 valence electrons. The van der Waals surface area contributed by atoms with Crippen LogP contribution in [0, 0.1) is 0 Å². The molecule has 7 heteroatoms. The lowest BCUT2D eigenvalue weighted by atomic mass is 9.93. The molecule has 0 spiro atoms. The van der Waals surface area contributed by atoms with E-state index in [1.165, 1.54) is 0 Å². The number of amides is 1. The summed E-state index contributed by atoms with van der Waals surface area (Å²) in [7, 11) is 1.67. The van der Waals surface area contributed by atoms with Gasteiger partial charge < -0.3 is 19.1 Å². The Bertz CT molecular complexity index is 1040. The first-order valence-corrected chi connectivity index (χ1v) is 10.3. The van der Waals surface area contributed by atoms with Crippen LogP contribution in [0.2, 0.25) is 0 Å². The van der Waals surface area contributed by atoms with Gasteiger partial charge in [-0.15, -0.1) is 0 Å². The fraction of sp³-hybridized carbons (Fsp3) is 0.348. The first-order valence-electron chi connectivity index (χ1n) is 10.3. The average molecular weight is 403 g/mol. The highest BCUT2D eigenvalue weighted by Crippen LogP contribution is 2.52. The first kappa shape index (κ1) is 18.7. The van der Waals surface area contributed by atoms with E-state index in [1.807, 2.05) is 64.3 Å². The van der Waals surface area contributed by atoms with E-state index in [9.17, 15) is 4.79 Å². The molecular weight excluding hydrogens is 378 g/mol. The van der Waals surface area contributed by atoms with Gasteiger partial charge in [0.05, 0.1) is 12.5 Å². The summed E-state index contributed by atoms with van der Waals surface area (Å²) in [6.45, 7) is 2.91. The van der Waals surface area contributed by atoms with Crippen LogP contribution in [0.15, 0.2) is 61.2 Å². The first-order chi connectivity index (χ1) is 14.7. The fourth-order valence-corrected chi connectivity index (χ4v) is 4.34. The molecule has 0 bridgehead atoms. The number of carbonyl (C=O) groups excluding carboxylic acids is 1. The fourth-order valence-electron chi connectivity index (χ4n) is 4.34. The van der Waals surface area contributed by atoms with Crippen LogP contribution in [0.5, 0.6) is 5.75 Å². The summed E-state index contributed by atoms with van der Waals surface area (Å²) in [4.78, 5) is 26.5. The van der Waals surface area contributed by atoms with Crippen molar-refractivity contribution in [2.24, 2.45) is 0 Å². The van der Waals surface area contributed by atoms with E-state index in [4.69, 9.17) is 4.74 Å². The maximum Gasteiger partial charge on any atom is 0.233 e. The van der Waals surface area contributed by atoms with Crippen LogP contribution in [-0.4, -0.2) is 58.6 Å². The van der Waals surface area contributed by atoms with Crippen LogP contribution in [0.3, 0.4) is 0 Å². The molecule has 0 radical (unpaired) electrons. The smallest absolute Gasteiger partial charge is 0.233 e. The molecule has 1 saturated heterocycles. The summed E-state index contributed by atoms with van der Waals surface area (Å²) < 4.78 is 7.50. The highest BCUT2D eigenvalue weighted by Gasteiger charge is 2.54. The van der Waals surface area contributed by atoms with Gasteiger partial charge in [-0.3, -0.25) is 4.79 Å². The van der Waals surface area contributed by atoms with Crippen molar-refractivity contribution in [1.82, 2.24) is 19.4 Å². The zero-order valence-electron chi connectivity index (χ0n) is 17.1. The van der Waals surface area contributed by atoms with Gasteiger partial charge in [0.2, 0.25) is 5.91 Å². The molecule has 1 amide bonds. The van der Waals surface area contributed by atoms with Crippen LogP contribution in [-0.2, 0) is 10.2 Å². The number of benzene rings is 1. The third-order valence-corrected chi connectivity index (χ3v) is 6.18. The van der Waals surface area contributed by atoms with Gasteiger partial charge in [-0.2, -0.15) is 0 Å². The highest BCUT2D eigenvalue weighted by atomic mass is 16.5. The van der Waals surface area contributed by atoms with Crippen molar-refractivity contribution in [3.63, 3.8) is 0 Å². The van der Waals surface area contributed by atoms with E-state index in [0.717, 1.165) is 48.9 Å². The summed E-state index contributed by atoms with van der Waals surface area (Å²) in [5, 5.41) is 0. The zero-order chi connectivity index (χ0) is 20.6. The van der Waals surface area contributed by atoms with E-state index in [-0.39, 0.29) is 5.91 Å². The molecule has 0 N–H and O–H groups in total. The number of piperazine rings is 1. The molecule has 0 atom stereocenters. The topological polar surface area (TPSA) is 63.5 Å². The van der Waals surface area contributed by atoms with Crippen molar-refractivity contribution in [1.29, 1.82) is 0 Å². The molecule has 0 unspecified atom stereocenters. The quantitative estimate of drug-likeness (QED) is 0.655. The number of ether oxygens (including phenoxy) is 1. The Hall–Kier alpha value is -3.35. The van der Waals surface area contributed by atoms with Crippen LogP contribution >= 0.6 is 0 Å². The highest BCUT2D eigenvalue weighted by molar-refractivity contribution is 5.92. The van der Waals surface area contributed by atoms with E-state index < -0.39 is 5.41 Å². The summed E-state index contributed by atoms with van der Waals surface area (Å²) in [5.41, 5.74) is 0.609. The molecule has 7 nitrogen and oxygen atoms in total. The molecule has 30 heavy (non-hydrogen) atoms. The number of hydrogen-bond donors (Lipinski definition) is 0. The molecular formula is C23H25N5O2. The summed E-state index contributed by atoms with van der Waals surface area (Å²) in [5.74, 6) is 2.77. The normalized spacial score (nSPS) is 17.6. The second kappa shape index (κ2) is 7.48. The lowest BCUT2D eigenvalue weighted by Crippen LogP contribution is -2.51. The third kappa shape index (κ3) is 3.20. The van der Waals surface area contributed by atoms with Crippen molar-refractivity contribution in [3.05, 3.63) is 66.7 Å². The van der Waals surface area contributed by atoms with E-state index in [2.05, 4.69) is 14.9 Å². The Morgan fingerprint density at radius 2 is 1.67 bits per heavy atom. The molecule has 2 fully saturated rings. The second-order valence-electron chi connectivity index (χ2n) is 7.89. The number of para-hydroxylation sites is 1. The molecule has 1 aliphatic heterocycles. The predicted molar refractivity (Wildman–Crippen MR) is 114 cm³/mol. The summed E-state index contributed by atoms with van der Waals surface area (Å²) in [6, 6.07) is 13.9. The van der Waals surface area contributed by atoms with E-state index >= 15 is 0 Å². The van der Waals surface area contributed by atoms with Crippen LogP contribution in [0.4, 0.5) is 5.82 Å². The number of methoxy groups -OCH3 is 1. The lowest BCUT2D eigenvalue weighted by Gasteiger charge is -2.37. The number of aromatic nitrogens is 3. The Labute approximate surface area is 175 Å². The molecule has 1 saturated carbocycles. The van der Waals surface area contributed by atoms with Gasteiger partial charge in [0, 0.05) is 50.2 Å². The predicted octanol–water partition coefficient (Wildman–Crippen LogP) is 2.66. The summed E-state index contributed by atoms with van der Waals surface area (Å²) >= 11 is 0. The largest absolute Gasteiger partial charge is 0.496 e. The monoisotopic (exact) mass is 403 g/mol. The van der Waals surface area contributed by atoms with Crippen LogP contribution in [0.25, 0.3) is 5.82 Å². The summed E-state index contributed by atoms with van der Waals surface area (Å²) in [6.07, 6.45) is 7.31. The Morgan fingerprint density at radius 1 is 0.967 bits per heavy atom. The van der Waals surface area contributed by atoms with E-state index in [1.54, 1.807) is 13.4 Å². The SMILES string of the molecule is COc1ccccc1C1(C(=O)N2CCN(c3cc(-n4cccc4)ncn3)CC2)CC1. The molecule has 3 aromatic rings. The molecule has 1 aromatic carbocycles. The van der Waals surface area contributed by atoms with Crippen molar-refractivity contribution in [2.45, 2.75) is 18.3 Å². The van der Waals surface area contributed by atoms with Crippen molar-refractivity contribution in [2.75, 3.05) is 38.2 Å². The molecule has 2 aliphatic rings. The van der Waals surface area contributed by atoms with Gasteiger partial charge in [-0.05, 0) is 31.0 Å². The van der Waals surface area contributed by atoms with Crippen molar-refractivity contribution < 1.29 is 9.53 Å². The van der Waals surface area contributed by atoms with Crippen molar-refractivity contribution in [3.8, 4) is 11.6 Å². The Morgan fingerprint density at radius 3 is 2.37 bits per heavy atom. The second-order valence-corrected chi connectivity index (χ2v) is 7.89. The number of nitrogens with zero attached hydrogens (tertiary/aromatic N) is 5. The van der Waals surface area contributed by atoms with Crippen molar-refractivity contribution >= 4 is 11.7 Å². The van der Waals surface area contributed by atoms with Gasteiger partial charge in [-0.25, -0.2) is 9.97 Å². The lowest BCUT2D eigenvalue weighted by molar-refractivity contribution is -0.134. The number of carbonyl (C=O) groups is 1. The zero-order valence-corrected chi connectivity index (χ0v) is 17.1. The minimum Gasteiger partial charge on any atom is -0.496 e. The van der Waals surface area contributed by atoms with Crippen LogP contribution < -0.4 is 9.64 Å².